The third-order valence-corrected chi connectivity index (χ3v) is 2.94. The van der Waals surface area contributed by atoms with Crippen molar-refractivity contribution in [1.29, 1.82) is 0 Å². The van der Waals surface area contributed by atoms with E-state index in [4.69, 9.17) is 6.42 Å². The lowest BCUT2D eigenvalue weighted by atomic mass is 10.1. The summed E-state index contributed by atoms with van der Waals surface area (Å²) < 4.78 is 0.386. The second-order valence-electron chi connectivity index (χ2n) is 2.99. The Bertz CT molecular complexity index is 119. The van der Waals surface area contributed by atoms with E-state index in [0.717, 1.165) is 12.8 Å². The van der Waals surface area contributed by atoms with Crippen molar-refractivity contribution in [2.75, 3.05) is 6.26 Å². The van der Waals surface area contributed by atoms with E-state index >= 15 is 0 Å². The van der Waals surface area contributed by atoms with Crippen molar-refractivity contribution in [3.63, 3.8) is 0 Å². The monoisotopic (exact) mass is 155 g/mol. The van der Waals surface area contributed by atoms with E-state index in [1.807, 2.05) is 11.8 Å². The van der Waals surface area contributed by atoms with Crippen LogP contribution >= 0.6 is 11.8 Å². The molecule has 0 nitrogen and oxygen atoms in total. The maximum atomic E-state index is 6.71. The van der Waals surface area contributed by atoms with Gasteiger partial charge in [-0.2, -0.15) is 11.8 Å². The SMILES string of the molecule is [C]#CCCCC(C)(C)SC. The third-order valence-electron chi connectivity index (χ3n) is 1.63. The predicted molar refractivity (Wildman–Crippen MR) is 48.6 cm³/mol. The van der Waals surface area contributed by atoms with Gasteiger partial charge in [-0.1, -0.05) is 19.8 Å². The van der Waals surface area contributed by atoms with Gasteiger partial charge in [0.2, 0.25) is 0 Å². The standard InChI is InChI=1S/C9H15S/c1-5-6-7-8-9(2,3)10-4/h6-8H2,2-4H3. The molecule has 0 aliphatic rings. The van der Waals surface area contributed by atoms with Crippen LogP contribution in [0.4, 0.5) is 0 Å². The lowest BCUT2D eigenvalue weighted by molar-refractivity contribution is 0.611. The Labute approximate surface area is 68.8 Å². The van der Waals surface area contributed by atoms with Crippen LogP contribution in [0, 0.1) is 12.3 Å². The fourth-order valence-electron chi connectivity index (χ4n) is 0.705. The number of rotatable bonds is 4. The Balaban J connectivity index is 3.39. The molecule has 0 saturated carbocycles. The molecule has 0 amide bonds. The zero-order chi connectivity index (χ0) is 8.04. The highest BCUT2D eigenvalue weighted by Crippen LogP contribution is 2.26. The Morgan fingerprint density at radius 1 is 1.50 bits per heavy atom. The zero-order valence-electron chi connectivity index (χ0n) is 7.03. The Kier molecular flexibility index (Phi) is 4.64. The van der Waals surface area contributed by atoms with E-state index in [1.165, 1.54) is 6.42 Å². The normalized spacial score (nSPS) is 11.0. The summed E-state index contributed by atoms with van der Waals surface area (Å²) in [5.74, 6) is 2.41. The molecule has 0 atom stereocenters. The maximum absolute atomic E-state index is 6.71. The highest BCUT2D eigenvalue weighted by molar-refractivity contribution is 7.99. The molecule has 0 fully saturated rings. The minimum absolute atomic E-state index is 0.386. The predicted octanol–water partition coefficient (Wildman–Crippen LogP) is 2.89. The van der Waals surface area contributed by atoms with E-state index in [0.29, 0.717) is 4.75 Å². The van der Waals surface area contributed by atoms with Gasteiger partial charge in [-0.25, -0.2) is 0 Å². The molecule has 1 radical (unpaired) electrons. The lowest BCUT2D eigenvalue weighted by Gasteiger charge is -2.20. The third kappa shape index (κ3) is 4.76. The summed E-state index contributed by atoms with van der Waals surface area (Å²) in [6.45, 7) is 4.48. The van der Waals surface area contributed by atoms with Crippen molar-refractivity contribution >= 4 is 11.8 Å². The minimum atomic E-state index is 0.386. The topological polar surface area (TPSA) is 0 Å². The van der Waals surface area contributed by atoms with E-state index < -0.39 is 0 Å². The fraction of sp³-hybridized carbons (Fsp3) is 0.778. The number of hydrogen-bond acceptors (Lipinski definition) is 1. The molecule has 0 spiro atoms. The van der Waals surface area contributed by atoms with Gasteiger partial charge in [0.15, 0.2) is 0 Å². The number of hydrogen-bond donors (Lipinski definition) is 0. The molecule has 0 heterocycles. The molecule has 0 rings (SSSR count). The first-order chi connectivity index (χ1) is 4.62. The van der Waals surface area contributed by atoms with Gasteiger partial charge in [0, 0.05) is 11.2 Å². The van der Waals surface area contributed by atoms with Gasteiger partial charge in [-0.15, -0.1) is 0 Å². The molecule has 0 aromatic heterocycles. The largest absolute Gasteiger partial charge is 0.159 e. The second-order valence-corrected chi connectivity index (χ2v) is 4.51. The molecule has 0 bridgehead atoms. The van der Waals surface area contributed by atoms with Gasteiger partial charge in [-0.05, 0) is 25.5 Å². The van der Waals surface area contributed by atoms with Crippen molar-refractivity contribution in [3.8, 4) is 5.92 Å². The average Bonchev–Trinajstić information content (AvgIpc) is 1.89. The molecule has 0 aliphatic carbocycles. The van der Waals surface area contributed by atoms with Crippen molar-refractivity contribution in [2.45, 2.75) is 37.9 Å². The Hall–Kier alpha value is -0.0900. The van der Waals surface area contributed by atoms with Crippen LogP contribution in [0.2, 0.25) is 0 Å². The van der Waals surface area contributed by atoms with Crippen molar-refractivity contribution in [3.05, 3.63) is 6.42 Å². The molecule has 1 heteroatoms. The van der Waals surface area contributed by atoms with Crippen LogP contribution in [0.3, 0.4) is 0 Å². The molecule has 0 aliphatic heterocycles. The maximum Gasteiger partial charge on any atom is 0.0101 e. The molecule has 57 valence electrons. The summed E-state index contributed by atoms with van der Waals surface area (Å²) in [5, 5.41) is 0. The van der Waals surface area contributed by atoms with Gasteiger partial charge >= 0.3 is 0 Å². The quantitative estimate of drug-likeness (QED) is 0.444. The second kappa shape index (κ2) is 4.68. The number of unbranched alkanes of at least 4 members (excludes halogenated alkanes) is 1. The van der Waals surface area contributed by atoms with Crippen LogP contribution in [0.1, 0.15) is 33.1 Å². The van der Waals surface area contributed by atoms with Crippen molar-refractivity contribution < 1.29 is 0 Å². The first-order valence-corrected chi connectivity index (χ1v) is 4.79. The molecule has 0 unspecified atom stereocenters. The zero-order valence-corrected chi connectivity index (χ0v) is 7.85. The fourth-order valence-corrected chi connectivity index (χ4v) is 1.05. The Morgan fingerprint density at radius 2 is 2.10 bits per heavy atom. The van der Waals surface area contributed by atoms with Gasteiger partial charge < -0.3 is 0 Å². The van der Waals surface area contributed by atoms with Crippen LogP contribution in [-0.2, 0) is 0 Å². The average molecular weight is 155 g/mol. The minimum Gasteiger partial charge on any atom is -0.159 e. The molecular weight excluding hydrogens is 140 g/mol. The summed E-state index contributed by atoms with van der Waals surface area (Å²) in [4.78, 5) is 0. The number of thioether (sulfide) groups is 1. The molecular formula is C9H15S. The lowest BCUT2D eigenvalue weighted by Crippen LogP contribution is -2.12. The van der Waals surface area contributed by atoms with Crippen molar-refractivity contribution in [1.82, 2.24) is 0 Å². The summed E-state index contributed by atoms with van der Waals surface area (Å²) >= 11 is 1.89. The van der Waals surface area contributed by atoms with Crippen LogP contribution in [0.5, 0.6) is 0 Å². The summed E-state index contributed by atoms with van der Waals surface area (Å²) in [6, 6.07) is 0. The van der Waals surface area contributed by atoms with Crippen LogP contribution < -0.4 is 0 Å². The van der Waals surface area contributed by atoms with E-state index in [9.17, 15) is 0 Å². The smallest absolute Gasteiger partial charge is 0.0101 e. The highest BCUT2D eigenvalue weighted by Gasteiger charge is 2.13. The molecule has 0 saturated heterocycles. The Morgan fingerprint density at radius 3 is 2.50 bits per heavy atom. The molecule has 0 aromatic rings. The van der Waals surface area contributed by atoms with Crippen molar-refractivity contribution in [2.24, 2.45) is 0 Å². The van der Waals surface area contributed by atoms with E-state index in [1.54, 1.807) is 0 Å². The van der Waals surface area contributed by atoms with Gasteiger partial charge in [0.25, 0.3) is 0 Å². The highest BCUT2D eigenvalue weighted by atomic mass is 32.2. The molecule has 0 aromatic carbocycles. The van der Waals surface area contributed by atoms with E-state index in [2.05, 4.69) is 26.0 Å². The molecule has 10 heavy (non-hydrogen) atoms. The van der Waals surface area contributed by atoms with Crippen LogP contribution in [-0.4, -0.2) is 11.0 Å². The molecule has 0 N–H and O–H groups in total. The summed E-state index contributed by atoms with van der Waals surface area (Å²) in [7, 11) is 0. The first kappa shape index (κ1) is 9.91. The van der Waals surface area contributed by atoms with E-state index in [-0.39, 0.29) is 0 Å². The van der Waals surface area contributed by atoms with Gasteiger partial charge in [-0.3, -0.25) is 0 Å². The van der Waals surface area contributed by atoms with Gasteiger partial charge in [0.05, 0.1) is 0 Å². The van der Waals surface area contributed by atoms with Crippen LogP contribution in [0.15, 0.2) is 0 Å². The van der Waals surface area contributed by atoms with Crippen LogP contribution in [0.25, 0.3) is 0 Å². The van der Waals surface area contributed by atoms with Gasteiger partial charge in [0.1, 0.15) is 0 Å². The summed E-state index contributed by atoms with van der Waals surface area (Å²) in [6.07, 6.45) is 11.9. The first-order valence-electron chi connectivity index (χ1n) is 3.57. The summed E-state index contributed by atoms with van der Waals surface area (Å²) in [5.41, 5.74) is 0.